The van der Waals surface area contributed by atoms with Crippen molar-refractivity contribution in [2.45, 2.75) is 56.8 Å². The summed E-state index contributed by atoms with van der Waals surface area (Å²) in [7, 11) is 0. The second-order valence-electron chi connectivity index (χ2n) is 5.68. The van der Waals surface area contributed by atoms with E-state index in [1.807, 2.05) is 0 Å². The molecule has 0 radical (unpaired) electrons. The van der Waals surface area contributed by atoms with Crippen molar-refractivity contribution in [3.8, 4) is 0 Å². The Labute approximate surface area is 122 Å². The van der Waals surface area contributed by atoms with Gasteiger partial charge >= 0.3 is 6.18 Å². The first-order valence-electron chi connectivity index (χ1n) is 7.34. The summed E-state index contributed by atoms with van der Waals surface area (Å²) in [6.45, 7) is 2.96. The fraction of sp³-hybridized carbons (Fsp3) is 0.667. The number of nitrogens with zero attached hydrogens (tertiary/aromatic N) is 1. The lowest BCUT2D eigenvalue weighted by atomic mass is 9.76. The van der Waals surface area contributed by atoms with Crippen molar-refractivity contribution in [2.75, 3.05) is 6.54 Å². The van der Waals surface area contributed by atoms with Crippen LogP contribution >= 0.6 is 0 Å². The van der Waals surface area contributed by atoms with Crippen LogP contribution in [0.15, 0.2) is 18.5 Å². The maximum absolute atomic E-state index is 13.1. The van der Waals surface area contributed by atoms with Gasteiger partial charge in [-0.3, -0.25) is 4.98 Å². The maximum atomic E-state index is 13.1. The van der Waals surface area contributed by atoms with Gasteiger partial charge in [0.05, 0.1) is 11.2 Å². The summed E-state index contributed by atoms with van der Waals surface area (Å²) in [6.07, 6.45) is 0.803. The zero-order valence-corrected chi connectivity index (χ0v) is 12.1. The first kappa shape index (κ1) is 16.2. The van der Waals surface area contributed by atoms with Crippen molar-refractivity contribution in [3.05, 3.63) is 29.6 Å². The Morgan fingerprint density at radius 1 is 1.38 bits per heavy atom. The molecule has 0 amide bonds. The van der Waals surface area contributed by atoms with Crippen LogP contribution in [-0.4, -0.2) is 22.7 Å². The molecule has 2 N–H and O–H groups in total. The van der Waals surface area contributed by atoms with E-state index in [-0.39, 0.29) is 11.6 Å². The average Bonchev–Trinajstić information content (AvgIpc) is 2.46. The standard InChI is InChI=1S/C15H21F3N2O/c1-2-8-20-11-3-6-14(21,7-4-11)13-10-19-9-5-12(13)15(16,17)18/h5,9-11,20-21H,2-4,6-8H2,1H3. The zero-order valence-electron chi connectivity index (χ0n) is 12.1. The molecule has 1 aliphatic carbocycles. The molecule has 0 atom stereocenters. The Bertz CT molecular complexity index is 468. The Morgan fingerprint density at radius 2 is 2.05 bits per heavy atom. The number of pyridine rings is 1. The van der Waals surface area contributed by atoms with Gasteiger partial charge in [0, 0.05) is 24.0 Å². The van der Waals surface area contributed by atoms with Gasteiger partial charge in [0.15, 0.2) is 0 Å². The molecule has 0 bridgehead atoms. The molecule has 0 spiro atoms. The molecule has 0 aromatic carbocycles. The van der Waals surface area contributed by atoms with E-state index in [0.717, 1.165) is 31.4 Å². The first-order valence-corrected chi connectivity index (χ1v) is 7.34. The largest absolute Gasteiger partial charge is 0.416 e. The van der Waals surface area contributed by atoms with Crippen molar-refractivity contribution < 1.29 is 18.3 Å². The number of alkyl halides is 3. The van der Waals surface area contributed by atoms with Gasteiger partial charge in [-0.1, -0.05) is 6.92 Å². The van der Waals surface area contributed by atoms with Crippen LogP contribution in [0.1, 0.15) is 50.2 Å². The van der Waals surface area contributed by atoms with Crippen LogP contribution in [0, 0.1) is 0 Å². The number of rotatable bonds is 4. The average molecular weight is 302 g/mol. The van der Waals surface area contributed by atoms with Gasteiger partial charge in [-0.15, -0.1) is 0 Å². The Kier molecular flexibility index (Phi) is 4.88. The maximum Gasteiger partial charge on any atom is 0.416 e. The second-order valence-corrected chi connectivity index (χ2v) is 5.68. The number of hydrogen-bond donors (Lipinski definition) is 2. The van der Waals surface area contributed by atoms with Crippen molar-refractivity contribution in [1.29, 1.82) is 0 Å². The fourth-order valence-electron chi connectivity index (χ4n) is 2.93. The lowest BCUT2D eigenvalue weighted by Crippen LogP contribution is -2.41. The smallest absolute Gasteiger partial charge is 0.385 e. The molecule has 0 aliphatic heterocycles. The van der Waals surface area contributed by atoms with Crippen LogP contribution in [0.25, 0.3) is 0 Å². The molecule has 21 heavy (non-hydrogen) atoms. The number of hydrogen-bond acceptors (Lipinski definition) is 3. The number of aliphatic hydroxyl groups is 1. The summed E-state index contributed by atoms with van der Waals surface area (Å²) in [4.78, 5) is 3.77. The highest BCUT2D eigenvalue weighted by Crippen LogP contribution is 2.42. The summed E-state index contributed by atoms with van der Waals surface area (Å²) in [5.41, 5.74) is -2.30. The molecule has 0 unspecified atom stereocenters. The summed E-state index contributed by atoms with van der Waals surface area (Å²) >= 11 is 0. The third-order valence-corrected chi connectivity index (χ3v) is 4.12. The van der Waals surface area contributed by atoms with Crippen molar-refractivity contribution in [2.24, 2.45) is 0 Å². The van der Waals surface area contributed by atoms with Crippen LogP contribution in [0.2, 0.25) is 0 Å². The van der Waals surface area contributed by atoms with E-state index < -0.39 is 17.3 Å². The van der Waals surface area contributed by atoms with Crippen LogP contribution in [0.3, 0.4) is 0 Å². The van der Waals surface area contributed by atoms with Gasteiger partial charge in [0.1, 0.15) is 0 Å². The molecule has 3 nitrogen and oxygen atoms in total. The second kappa shape index (κ2) is 6.32. The molecular weight excluding hydrogens is 281 g/mol. The van der Waals surface area contributed by atoms with Gasteiger partial charge in [-0.05, 0) is 44.7 Å². The van der Waals surface area contributed by atoms with E-state index in [0.29, 0.717) is 25.7 Å². The quantitative estimate of drug-likeness (QED) is 0.897. The summed E-state index contributed by atoms with van der Waals surface area (Å²) in [5.74, 6) is 0. The third-order valence-electron chi connectivity index (χ3n) is 4.12. The molecule has 1 aromatic rings. The predicted octanol–water partition coefficient (Wildman–Crippen LogP) is 3.23. The SMILES string of the molecule is CCCNC1CCC(O)(c2cnccc2C(F)(F)F)CC1. The highest BCUT2D eigenvalue weighted by molar-refractivity contribution is 5.32. The van der Waals surface area contributed by atoms with Crippen molar-refractivity contribution in [1.82, 2.24) is 10.3 Å². The minimum Gasteiger partial charge on any atom is -0.385 e. The summed E-state index contributed by atoms with van der Waals surface area (Å²) in [6, 6.07) is 1.21. The molecule has 1 aromatic heterocycles. The first-order chi connectivity index (χ1) is 9.87. The lowest BCUT2D eigenvalue weighted by molar-refractivity contribution is -0.141. The van der Waals surface area contributed by atoms with E-state index in [1.54, 1.807) is 0 Å². The van der Waals surface area contributed by atoms with Gasteiger partial charge in [0.2, 0.25) is 0 Å². The van der Waals surface area contributed by atoms with E-state index in [9.17, 15) is 18.3 Å². The predicted molar refractivity (Wildman–Crippen MR) is 73.7 cm³/mol. The highest BCUT2D eigenvalue weighted by atomic mass is 19.4. The highest BCUT2D eigenvalue weighted by Gasteiger charge is 2.42. The van der Waals surface area contributed by atoms with Gasteiger partial charge in [-0.2, -0.15) is 13.2 Å². The van der Waals surface area contributed by atoms with E-state index in [1.165, 1.54) is 0 Å². The molecule has 6 heteroatoms. The zero-order chi connectivity index (χ0) is 15.5. The minimum atomic E-state index is -4.47. The molecule has 1 saturated carbocycles. The van der Waals surface area contributed by atoms with Crippen LogP contribution in [0.4, 0.5) is 13.2 Å². The van der Waals surface area contributed by atoms with Crippen LogP contribution in [0.5, 0.6) is 0 Å². The van der Waals surface area contributed by atoms with E-state index in [4.69, 9.17) is 0 Å². The van der Waals surface area contributed by atoms with Crippen molar-refractivity contribution >= 4 is 0 Å². The van der Waals surface area contributed by atoms with E-state index >= 15 is 0 Å². The van der Waals surface area contributed by atoms with Crippen LogP contribution in [-0.2, 0) is 11.8 Å². The Morgan fingerprint density at radius 3 is 2.62 bits per heavy atom. The molecule has 1 fully saturated rings. The van der Waals surface area contributed by atoms with Gasteiger partial charge in [0.25, 0.3) is 0 Å². The normalized spacial score (nSPS) is 26.8. The Balaban J connectivity index is 2.16. The molecule has 118 valence electrons. The molecule has 2 rings (SSSR count). The van der Waals surface area contributed by atoms with Gasteiger partial charge < -0.3 is 10.4 Å². The van der Waals surface area contributed by atoms with Crippen LogP contribution < -0.4 is 5.32 Å². The third kappa shape index (κ3) is 3.74. The fourth-order valence-corrected chi connectivity index (χ4v) is 2.93. The Hall–Kier alpha value is -1.14. The molecule has 1 heterocycles. The topological polar surface area (TPSA) is 45.1 Å². The number of halogens is 3. The molecule has 1 aliphatic rings. The van der Waals surface area contributed by atoms with Crippen molar-refractivity contribution in [3.63, 3.8) is 0 Å². The number of nitrogens with one attached hydrogen (secondary N) is 1. The molecular formula is C15H21F3N2O. The van der Waals surface area contributed by atoms with E-state index in [2.05, 4.69) is 17.2 Å². The summed E-state index contributed by atoms with van der Waals surface area (Å²) in [5, 5.41) is 14.0. The lowest BCUT2D eigenvalue weighted by Gasteiger charge is -2.37. The van der Waals surface area contributed by atoms with Gasteiger partial charge in [-0.25, -0.2) is 0 Å². The minimum absolute atomic E-state index is 0.0913. The molecule has 0 saturated heterocycles. The number of aromatic nitrogens is 1. The monoisotopic (exact) mass is 302 g/mol. The summed E-state index contributed by atoms with van der Waals surface area (Å²) < 4.78 is 39.2.